The Labute approximate surface area is 148 Å². The van der Waals surface area contributed by atoms with Crippen molar-refractivity contribution in [2.24, 2.45) is 0 Å². The molecule has 5 heteroatoms. The molecule has 0 unspecified atom stereocenters. The summed E-state index contributed by atoms with van der Waals surface area (Å²) in [5, 5.41) is 2.93. The van der Waals surface area contributed by atoms with Crippen molar-refractivity contribution in [1.82, 2.24) is 5.32 Å². The highest BCUT2D eigenvalue weighted by Gasteiger charge is 2.12. The third kappa shape index (κ3) is 4.76. The Bertz CT molecular complexity index is 716. The predicted molar refractivity (Wildman–Crippen MR) is 98.1 cm³/mol. The first kappa shape index (κ1) is 18.4. The van der Waals surface area contributed by atoms with Crippen LogP contribution in [0.15, 0.2) is 48.5 Å². The van der Waals surface area contributed by atoms with Crippen molar-refractivity contribution in [1.29, 1.82) is 0 Å². The number of nitrogens with one attached hydrogen (secondary N) is 1. The maximum absolute atomic E-state index is 12.1. The Balaban J connectivity index is 2.11. The number of benzene rings is 2. The van der Waals surface area contributed by atoms with Crippen molar-refractivity contribution in [2.45, 2.75) is 13.0 Å². The van der Waals surface area contributed by atoms with Crippen LogP contribution >= 0.6 is 0 Å². The van der Waals surface area contributed by atoms with E-state index in [0.29, 0.717) is 17.2 Å². The highest BCUT2D eigenvalue weighted by atomic mass is 16.5. The molecule has 132 valence electrons. The normalized spacial score (nSPS) is 11.8. The van der Waals surface area contributed by atoms with Gasteiger partial charge in [-0.2, -0.15) is 0 Å². The van der Waals surface area contributed by atoms with Crippen LogP contribution in [0.5, 0.6) is 17.2 Å². The zero-order chi connectivity index (χ0) is 18.2. The van der Waals surface area contributed by atoms with Crippen molar-refractivity contribution in [3.05, 3.63) is 59.7 Å². The molecular formula is C20H23NO4. The summed E-state index contributed by atoms with van der Waals surface area (Å²) in [7, 11) is 4.66. The average molecular weight is 341 g/mol. The second-order valence-electron chi connectivity index (χ2n) is 5.43. The molecular weight excluding hydrogens is 318 g/mol. The van der Waals surface area contributed by atoms with Gasteiger partial charge in [-0.15, -0.1) is 0 Å². The predicted octanol–water partition coefficient (Wildman–Crippen LogP) is 3.60. The molecule has 0 aromatic heterocycles. The van der Waals surface area contributed by atoms with Gasteiger partial charge in [0.15, 0.2) is 11.5 Å². The number of carbonyl (C=O) groups excluding carboxylic acids is 1. The van der Waals surface area contributed by atoms with Crippen LogP contribution in [0, 0.1) is 0 Å². The van der Waals surface area contributed by atoms with Gasteiger partial charge in [0.1, 0.15) is 0 Å². The smallest absolute Gasteiger partial charge is 0.244 e. The fourth-order valence-corrected chi connectivity index (χ4v) is 2.46. The van der Waals surface area contributed by atoms with E-state index in [1.807, 2.05) is 37.3 Å². The molecule has 1 amide bonds. The van der Waals surface area contributed by atoms with E-state index in [2.05, 4.69) is 5.32 Å². The quantitative estimate of drug-likeness (QED) is 0.782. The van der Waals surface area contributed by atoms with Crippen LogP contribution in [0.25, 0.3) is 6.08 Å². The van der Waals surface area contributed by atoms with Crippen molar-refractivity contribution in [3.63, 3.8) is 0 Å². The maximum atomic E-state index is 12.1. The molecule has 0 heterocycles. The van der Waals surface area contributed by atoms with Gasteiger partial charge < -0.3 is 19.5 Å². The van der Waals surface area contributed by atoms with Crippen LogP contribution in [-0.2, 0) is 4.79 Å². The van der Waals surface area contributed by atoms with Crippen LogP contribution in [-0.4, -0.2) is 27.2 Å². The van der Waals surface area contributed by atoms with Gasteiger partial charge in [0.05, 0.1) is 27.4 Å². The fraction of sp³-hybridized carbons (Fsp3) is 0.250. The second kappa shape index (κ2) is 8.78. The summed E-state index contributed by atoms with van der Waals surface area (Å²) >= 11 is 0. The molecule has 0 bridgehead atoms. The molecule has 5 nitrogen and oxygen atoms in total. The van der Waals surface area contributed by atoms with Crippen molar-refractivity contribution < 1.29 is 19.0 Å². The Morgan fingerprint density at radius 1 is 1.00 bits per heavy atom. The Morgan fingerprint density at radius 2 is 1.60 bits per heavy atom. The van der Waals surface area contributed by atoms with Gasteiger partial charge in [-0.25, -0.2) is 0 Å². The lowest BCUT2D eigenvalue weighted by molar-refractivity contribution is -0.117. The number of methoxy groups -OCH3 is 3. The third-order valence-corrected chi connectivity index (χ3v) is 3.77. The Morgan fingerprint density at radius 3 is 2.12 bits per heavy atom. The summed E-state index contributed by atoms with van der Waals surface area (Å²) in [6.07, 6.45) is 3.19. The topological polar surface area (TPSA) is 56.8 Å². The van der Waals surface area contributed by atoms with Crippen LogP contribution in [0.2, 0.25) is 0 Å². The molecule has 0 aliphatic carbocycles. The van der Waals surface area contributed by atoms with Crippen LogP contribution in [0.4, 0.5) is 0 Å². The maximum Gasteiger partial charge on any atom is 0.244 e. The SMILES string of the molecule is COc1cc(/C=C/C(=O)N[C@H](C)c2ccccc2)cc(OC)c1OC. The number of amides is 1. The van der Waals surface area contributed by atoms with Crippen LogP contribution in [0.1, 0.15) is 24.1 Å². The largest absolute Gasteiger partial charge is 0.493 e. The molecule has 2 aromatic rings. The first-order valence-corrected chi connectivity index (χ1v) is 7.92. The Hall–Kier alpha value is -2.95. The molecule has 1 N–H and O–H groups in total. The molecule has 0 saturated heterocycles. The molecule has 0 aliphatic rings. The van der Waals surface area contributed by atoms with Gasteiger partial charge in [-0.1, -0.05) is 30.3 Å². The minimum Gasteiger partial charge on any atom is -0.493 e. The average Bonchev–Trinajstić information content (AvgIpc) is 2.65. The minimum atomic E-state index is -0.176. The molecule has 0 spiro atoms. The van der Waals surface area contributed by atoms with Gasteiger partial charge in [0, 0.05) is 6.08 Å². The zero-order valence-electron chi connectivity index (χ0n) is 14.9. The lowest BCUT2D eigenvalue weighted by atomic mass is 10.1. The number of carbonyl (C=O) groups is 1. The van der Waals surface area contributed by atoms with E-state index in [-0.39, 0.29) is 11.9 Å². The highest BCUT2D eigenvalue weighted by molar-refractivity contribution is 5.92. The van der Waals surface area contributed by atoms with Gasteiger partial charge in [-0.3, -0.25) is 4.79 Å². The first-order valence-electron chi connectivity index (χ1n) is 7.92. The zero-order valence-corrected chi connectivity index (χ0v) is 14.9. The van der Waals surface area contributed by atoms with E-state index in [1.54, 1.807) is 39.5 Å². The molecule has 2 aromatic carbocycles. The van der Waals surface area contributed by atoms with E-state index < -0.39 is 0 Å². The van der Waals surface area contributed by atoms with E-state index in [4.69, 9.17) is 14.2 Å². The number of rotatable bonds is 7. The summed E-state index contributed by atoms with van der Waals surface area (Å²) in [6.45, 7) is 1.94. The summed E-state index contributed by atoms with van der Waals surface area (Å²) < 4.78 is 15.9. The van der Waals surface area contributed by atoms with E-state index in [1.165, 1.54) is 6.08 Å². The lowest BCUT2D eigenvalue weighted by Crippen LogP contribution is -2.24. The van der Waals surface area contributed by atoms with Crippen LogP contribution < -0.4 is 19.5 Å². The second-order valence-corrected chi connectivity index (χ2v) is 5.43. The number of ether oxygens (including phenoxy) is 3. The van der Waals surface area contributed by atoms with Crippen LogP contribution in [0.3, 0.4) is 0 Å². The molecule has 0 radical (unpaired) electrons. The molecule has 1 atom stereocenters. The standard InChI is InChI=1S/C20H23NO4/c1-14(16-8-6-5-7-9-16)21-19(22)11-10-15-12-17(23-2)20(25-4)18(13-15)24-3/h5-14H,1-4H3,(H,21,22)/b11-10+/t14-/m1/s1. The number of hydrogen-bond donors (Lipinski definition) is 1. The van der Waals surface area contributed by atoms with Crippen molar-refractivity contribution in [2.75, 3.05) is 21.3 Å². The fourth-order valence-electron chi connectivity index (χ4n) is 2.46. The molecule has 2 rings (SSSR count). The summed E-state index contributed by atoms with van der Waals surface area (Å²) in [4.78, 5) is 12.1. The monoisotopic (exact) mass is 341 g/mol. The van der Waals surface area contributed by atoms with E-state index in [0.717, 1.165) is 11.1 Å². The Kier molecular flexibility index (Phi) is 6.46. The van der Waals surface area contributed by atoms with Gasteiger partial charge in [-0.05, 0) is 36.3 Å². The van der Waals surface area contributed by atoms with Gasteiger partial charge in [0.25, 0.3) is 0 Å². The minimum absolute atomic E-state index is 0.0710. The summed E-state index contributed by atoms with van der Waals surface area (Å²) in [5.41, 5.74) is 1.83. The molecule has 0 fully saturated rings. The first-order chi connectivity index (χ1) is 12.1. The lowest BCUT2D eigenvalue weighted by Gasteiger charge is -2.13. The highest BCUT2D eigenvalue weighted by Crippen LogP contribution is 2.38. The van der Waals surface area contributed by atoms with Gasteiger partial charge >= 0.3 is 0 Å². The summed E-state index contributed by atoms with van der Waals surface area (Å²) in [6, 6.07) is 13.3. The van der Waals surface area contributed by atoms with E-state index in [9.17, 15) is 4.79 Å². The van der Waals surface area contributed by atoms with Crippen molar-refractivity contribution in [3.8, 4) is 17.2 Å². The molecule has 0 saturated carbocycles. The van der Waals surface area contributed by atoms with Gasteiger partial charge in [0.2, 0.25) is 11.7 Å². The summed E-state index contributed by atoms with van der Waals surface area (Å²) in [5.74, 6) is 1.42. The molecule has 25 heavy (non-hydrogen) atoms. The molecule has 0 aliphatic heterocycles. The van der Waals surface area contributed by atoms with Crippen molar-refractivity contribution >= 4 is 12.0 Å². The third-order valence-electron chi connectivity index (χ3n) is 3.77. The van der Waals surface area contributed by atoms with E-state index >= 15 is 0 Å². The number of hydrogen-bond acceptors (Lipinski definition) is 4.